The lowest BCUT2D eigenvalue weighted by Gasteiger charge is -2.26. The van der Waals surface area contributed by atoms with Gasteiger partial charge in [-0.3, -0.25) is 5.43 Å². The molecule has 18 heavy (non-hydrogen) atoms. The molecule has 0 bridgehead atoms. The molecule has 1 aliphatic carbocycles. The third-order valence-corrected chi connectivity index (χ3v) is 2.92. The zero-order valence-electron chi connectivity index (χ0n) is 10.6. The minimum absolute atomic E-state index is 0.101. The first-order chi connectivity index (χ1) is 8.46. The number of nitrogens with two attached hydrogens (primary N) is 1. The second-order valence-electron chi connectivity index (χ2n) is 4.57. The van der Waals surface area contributed by atoms with E-state index in [9.17, 15) is 13.2 Å². The van der Waals surface area contributed by atoms with Gasteiger partial charge in [-0.15, -0.1) is 0 Å². The fraction of sp³-hybridized carbons (Fsp3) is 0.909. The molecule has 0 unspecified atom stereocenters. The van der Waals surface area contributed by atoms with Crippen LogP contribution in [0.3, 0.4) is 0 Å². The number of nitrogens with zero attached hydrogens (tertiary/aromatic N) is 2. The smallest absolute Gasteiger partial charge is 0.333 e. The standard InChI is InChI=1S/C11H21F3N4/c1-2-7-18(8-11(12,13)14)10(17-15)16-9-5-3-4-6-9/h9H,2-8,15H2,1H3,(H,16,17). The summed E-state index contributed by atoms with van der Waals surface area (Å²) >= 11 is 0. The zero-order chi connectivity index (χ0) is 13.6. The molecule has 0 radical (unpaired) electrons. The highest BCUT2D eigenvalue weighted by molar-refractivity contribution is 5.79. The molecule has 0 amide bonds. The van der Waals surface area contributed by atoms with Crippen molar-refractivity contribution in [3.05, 3.63) is 0 Å². The number of hydrogen-bond donors (Lipinski definition) is 2. The Morgan fingerprint density at radius 2 is 2.00 bits per heavy atom. The van der Waals surface area contributed by atoms with Crippen LogP contribution in [0.4, 0.5) is 13.2 Å². The van der Waals surface area contributed by atoms with Crippen LogP contribution in [-0.2, 0) is 0 Å². The summed E-state index contributed by atoms with van der Waals surface area (Å²) < 4.78 is 37.4. The monoisotopic (exact) mass is 266 g/mol. The summed E-state index contributed by atoms with van der Waals surface area (Å²) in [6.45, 7) is 1.10. The van der Waals surface area contributed by atoms with Gasteiger partial charge in [0.2, 0.25) is 5.96 Å². The summed E-state index contributed by atoms with van der Waals surface area (Å²) in [7, 11) is 0. The average molecular weight is 266 g/mol. The van der Waals surface area contributed by atoms with E-state index in [2.05, 4.69) is 10.4 Å². The minimum Gasteiger partial charge on any atom is -0.333 e. The van der Waals surface area contributed by atoms with E-state index in [-0.39, 0.29) is 18.5 Å². The normalized spacial score (nSPS) is 18.2. The lowest BCUT2D eigenvalue weighted by molar-refractivity contribution is -0.138. The van der Waals surface area contributed by atoms with Gasteiger partial charge in [0.05, 0.1) is 6.04 Å². The van der Waals surface area contributed by atoms with Crippen LogP contribution in [0, 0.1) is 0 Å². The van der Waals surface area contributed by atoms with Crippen molar-refractivity contribution >= 4 is 5.96 Å². The first-order valence-electron chi connectivity index (χ1n) is 6.32. The van der Waals surface area contributed by atoms with Crippen molar-refractivity contribution < 1.29 is 13.2 Å². The first-order valence-corrected chi connectivity index (χ1v) is 6.32. The maximum Gasteiger partial charge on any atom is 0.406 e. The van der Waals surface area contributed by atoms with Crippen molar-refractivity contribution in [2.45, 2.75) is 51.2 Å². The summed E-state index contributed by atoms with van der Waals surface area (Å²) in [4.78, 5) is 5.47. The van der Waals surface area contributed by atoms with Crippen LogP contribution < -0.4 is 11.3 Å². The van der Waals surface area contributed by atoms with Gasteiger partial charge >= 0.3 is 6.18 Å². The van der Waals surface area contributed by atoms with Crippen LogP contribution >= 0.6 is 0 Å². The van der Waals surface area contributed by atoms with E-state index in [1.807, 2.05) is 6.92 Å². The Morgan fingerprint density at radius 1 is 1.39 bits per heavy atom. The molecule has 1 aliphatic rings. The molecule has 7 heteroatoms. The van der Waals surface area contributed by atoms with E-state index >= 15 is 0 Å². The Balaban J connectivity index is 2.72. The summed E-state index contributed by atoms with van der Waals surface area (Å²) in [6.07, 6.45) is 0.385. The van der Waals surface area contributed by atoms with Crippen molar-refractivity contribution in [3.8, 4) is 0 Å². The highest BCUT2D eigenvalue weighted by Gasteiger charge is 2.32. The predicted molar refractivity (Wildman–Crippen MR) is 64.9 cm³/mol. The van der Waals surface area contributed by atoms with Gasteiger partial charge in [0.25, 0.3) is 0 Å². The van der Waals surface area contributed by atoms with Crippen molar-refractivity contribution in [1.29, 1.82) is 0 Å². The highest BCUT2D eigenvalue weighted by atomic mass is 19.4. The van der Waals surface area contributed by atoms with Gasteiger partial charge in [-0.25, -0.2) is 10.8 Å². The second kappa shape index (κ2) is 6.82. The van der Waals surface area contributed by atoms with Gasteiger partial charge in [0.15, 0.2) is 0 Å². The molecule has 0 aromatic heterocycles. The second-order valence-corrected chi connectivity index (χ2v) is 4.57. The molecule has 1 rings (SSSR count). The summed E-state index contributed by atoms with van der Waals surface area (Å²) in [5.41, 5.74) is 2.31. The van der Waals surface area contributed by atoms with E-state index in [1.165, 1.54) is 0 Å². The maximum absolute atomic E-state index is 12.5. The number of rotatable bonds is 4. The molecular formula is C11H21F3N4. The molecule has 0 aliphatic heterocycles. The van der Waals surface area contributed by atoms with E-state index in [0.29, 0.717) is 6.42 Å². The number of aliphatic imine (C=N–C) groups is 1. The van der Waals surface area contributed by atoms with Gasteiger partial charge in [0.1, 0.15) is 6.54 Å². The van der Waals surface area contributed by atoms with Gasteiger partial charge in [-0.1, -0.05) is 19.8 Å². The van der Waals surface area contributed by atoms with Crippen LogP contribution in [0.5, 0.6) is 0 Å². The zero-order valence-corrected chi connectivity index (χ0v) is 10.6. The summed E-state index contributed by atoms with van der Waals surface area (Å²) in [6, 6.07) is 0.101. The molecule has 0 heterocycles. The molecule has 106 valence electrons. The number of halogens is 3. The molecule has 0 saturated heterocycles. The van der Waals surface area contributed by atoms with Crippen molar-refractivity contribution in [1.82, 2.24) is 10.3 Å². The van der Waals surface area contributed by atoms with Crippen LogP contribution in [-0.4, -0.2) is 36.2 Å². The van der Waals surface area contributed by atoms with Crippen molar-refractivity contribution in [2.24, 2.45) is 10.8 Å². The summed E-state index contributed by atoms with van der Waals surface area (Å²) in [5.74, 6) is 5.46. The quantitative estimate of drug-likeness (QED) is 0.354. The van der Waals surface area contributed by atoms with Crippen molar-refractivity contribution in [2.75, 3.05) is 13.1 Å². The Kier molecular flexibility index (Phi) is 5.71. The van der Waals surface area contributed by atoms with Gasteiger partial charge in [-0.2, -0.15) is 13.2 Å². The van der Waals surface area contributed by atoms with E-state index in [1.54, 1.807) is 0 Å². The van der Waals surface area contributed by atoms with Gasteiger partial charge in [0, 0.05) is 6.54 Å². The Morgan fingerprint density at radius 3 is 2.44 bits per heavy atom. The first kappa shape index (κ1) is 15.1. The molecule has 1 saturated carbocycles. The summed E-state index contributed by atoms with van der Waals surface area (Å²) in [5, 5.41) is 0. The lowest BCUT2D eigenvalue weighted by Crippen LogP contribution is -2.49. The Labute approximate surface area is 105 Å². The third kappa shape index (κ3) is 5.12. The Hall–Kier alpha value is -0.980. The molecule has 0 atom stereocenters. The number of hydrazine groups is 1. The number of hydrogen-bond acceptors (Lipinski definition) is 2. The Bertz CT molecular complexity index is 272. The van der Waals surface area contributed by atoms with E-state index in [0.717, 1.165) is 30.6 Å². The van der Waals surface area contributed by atoms with Gasteiger partial charge < -0.3 is 4.90 Å². The highest BCUT2D eigenvalue weighted by Crippen LogP contribution is 2.22. The molecule has 1 fully saturated rings. The van der Waals surface area contributed by atoms with E-state index < -0.39 is 12.7 Å². The molecular weight excluding hydrogens is 245 g/mol. The average Bonchev–Trinajstić information content (AvgIpc) is 2.76. The largest absolute Gasteiger partial charge is 0.406 e. The van der Waals surface area contributed by atoms with Crippen LogP contribution in [0.2, 0.25) is 0 Å². The van der Waals surface area contributed by atoms with Crippen LogP contribution in [0.15, 0.2) is 4.99 Å². The van der Waals surface area contributed by atoms with Crippen LogP contribution in [0.1, 0.15) is 39.0 Å². The number of alkyl halides is 3. The molecule has 0 aromatic rings. The molecule has 0 aromatic carbocycles. The SMILES string of the molecule is CCCN(CC(F)(F)F)C(=NC1CCCC1)NN. The van der Waals surface area contributed by atoms with E-state index in [4.69, 9.17) is 5.84 Å². The molecule has 0 spiro atoms. The number of nitrogens with one attached hydrogen (secondary N) is 1. The minimum atomic E-state index is -4.25. The number of guanidine groups is 1. The maximum atomic E-state index is 12.5. The fourth-order valence-electron chi connectivity index (χ4n) is 2.16. The predicted octanol–water partition coefficient (Wildman–Crippen LogP) is 2.02. The lowest BCUT2D eigenvalue weighted by atomic mass is 10.3. The molecule has 3 N–H and O–H groups in total. The fourth-order valence-corrected chi connectivity index (χ4v) is 2.16. The third-order valence-electron chi connectivity index (χ3n) is 2.92. The van der Waals surface area contributed by atoms with Crippen LogP contribution in [0.25, 0.3) is 0 Å². The van der Waals surface area contributed by atoms with Gasteiger partial charge in [-0.05, 0) is 19.3 Å². The van der Waals surface area contributed by atoms with Crippen molar-refractivity contribution in [3.63, 3.8) is 0 Å². The molecule has 4 nitrogen and oxygen atoms in total. The topological polar surface area (TPSA) is 53.6 Å².